The summed E-state index contributed by atoms with van der Waals surface area (Å²) >= 11 is 0. The average Bonchev–Trinajstić information content (AvgIpc) is 1.97. The summed E-state index contributed by atoms with van der Waals surface area (Å²) in [7, 11) is -4.19. The van der Waals surface area contributed by atoms with Gasteiger partial charge in [0.1, 0.15) is 0 Å². The standard InChI is InChI=1S/C7H12O5S.Rb/c1-2-4-7(8)12-5-3-6-13(9,10)11;/h2,4H,3,5-6H2,1H3,(H,9,10,11);/q;+1/p-1. The third-order valence-corrected chi connectivity index (χ3v) is 1.87. The van der Waals surface area contributed by atoms with E-state index in [0.717, 1.165) is 0 Å². The molecule has 0 aliphatic rings. The molecule has 0 saturated heterocycles. The van der Waals surface area contributed by atoms with Crippen LogP contribution in [0.3, 0.4) is 0 Å². The van der Waals surface area contributed by atoms with Gasteiger partial charge in [-0.05, 0) is 13.3 Å². The molecule has 76 valence electrons. The second kappa shape index (κ2) is 9.17. The molecule has 0 fully saturated rings. The maximum Gasteiger partial charge on any atom is 1.00 e. The summed E-state index contributed by atoms with van der Waals surface area (Å²) in [5.41, 5.74) is 0. The number of carbonyl (C=O) groups is 1. The van der Waals surface area contributed by atoms with E-state index in [-0.39, 0.29) is 71.2 Å². The van der Waals surface area contributed by atoms with Crippen LogP contribution in [0.25, 0.3) is 0 Å². The Morgan fingerprint density at radius 3 is 2.50 bits per heavy atom. The van der Waals surface area contributed by atoms with Crippen LogP contribution < -0.4 is 58.2 Å². The van der Waals surface area contributed by atoms with E-state index in [2.05, 4.69) is 4.74 Å². The zero-order chi connectivity index (χ0) is 10.3. The van der Waals surface area contributed by atoms with Gasteiger partial charge in [0.25, 0.3) is 0 Å². The third-order valence-electron chi connectivity index (χ3n) is 1.09. The molecule has 0 amide bonds. The van der Waals surface area contributed by atoms with Crippen LogP contribution in [0.1, 0.15) is 13.3 Å². The fourth-order valence-electron chi connectivity index (χ4n) is 0.593. The summed E-state index contributed by atoms with van der Waals surface area (Å²) < 4.78 is 34.8. The van der Waals surface area contributed by atoms with E-state index < -0.39 is 21.8 Å². The molecule has 0 heterocycles. The van der Waals surface area contributed by atoms with Gasteiger partial charge >= 0.3 is 64.2 Å². The van der Waals surface area contributed by atoms with Crippen LogP contribution in [0.5, 0.6) is 0 Å². The number of ether oxygens (including phenoxy) is 1. The van der Waals surface area contributed by atoms with E-state index >= 15 is 0 Å². The molecule has 0 N–H and O–H groups in total. The van der Waals surface area contributed by atoms with Crippen molar-refractivity contribution in [3.05, 3.63) is 12.2 Å². The summed E-state index contributed by atoms with van der Waals surface area (Å²) in [6, 6.07) is 0. The number of allylic oxidation sites excluding steroid dienone is 1. The molecule has 7 heteroatoms. The first-order valence-corrected chi connectivity index (χ1v) is 5.26. The van der Waals surface area contributed by atoms with Crippen LogP contribution in [-0.4, -0.2) is 31.3 Å². The molecule has 0 aromatic heterocycles. The second-order valence-electron chi connectivity index (χ2n) is 2.28. The number of carbonyl (C=O) groups excluding carboxylic acids is 1. The maximum atomic E-state index is 10.6. The van der Waals surface area contributed by atoms with Crippen molar-refractivity contribution in [3.63, 3.8) is 0 Å². The fourth-order valence-corrected chi connectivity index (χ4v) is 1.06. The Balaban J connectivity index is 0. The summed E-state index contributed by atoms with van der Waals surface area (Å²) in [4.78, 5) is 10.6. The summed E-state index contributed by atoms with van der Waals surface area (Å²) in [5.74, 6) is -1.04. The molecule has 14 heavy (non-hydrogen) atoms. The van der Waals surface area contributed by atoms with Crippen molar-refractivity contribution in [3.8, 4) is 0 Å². The van der Waals surface area contributed by atoms with Gasteiger partial charge in [0.15, 0.2) is 0 Å². The van der Waals surface area contributed by atoms with E-state index in [1.165, 1.54) is 12.2 Å². The van der Waals surface area contributed by atoms with Crippen LogP contribution in [0.4, 0.5) is 0 Å². The fraction of sp³-hybridized carbons (Fsp3) is 0.571. The minimum absolute atomic E-state index is 0. The largest absolute Gasteiger partial charge is 1.00 e. The normalized spacial score (nSPS) is 11.0. The van der Waals surface area contributed by atoms with Gasteiger partial charge in [-0.15, -0.1) is 0 Å². The quantitative estimate of drug-likeness (QED) is 0.234. The van der Waals surface area contributed by atoms with Gasteiger partial charge < -0.3 is 9.29 Å². The molecular weight excluding hydrogens is 282 g/mol. The minimum atomic E-state index is -4.19. The molecule has 0 atom stereocenters. The molecule has 0 aliphatic carbocycles. The van der Waals surface area contributed by atoms with Crippen molar-refractivity contribution < 1.29 is 80.7 Å². The van der Waals surface area contributed by atoms with Crippen molar-refractivity contribution in [2.45, 2.75) is 13.3 Å². The van der Waals surface area contributed by atoms with E-state index in [1.54, 1.807) is 6.92 Å². The van der Waals surface area contributed by atoms with Gasteiger partial charge in [0.05, 0.1) is 16.7 Å². The van der Waals surface area contributed by atoms with Crippen molar-refractivity contribution in [1.82, 2.24) is 0 Å². The van der Waals surface area contributed by atoms with E-state index in [1.807, 2.05) is 0 Å². The summed E-state index contributed by atoms with van der Waals surface area (Å²) in [6.07, 6.45) is 2.76. The Morgan fingerprint density at radius 1 is 1.50 bits per heavy atom. The summed E-state index contributed by atoms with van der Waals surface area (Å²) in [5, 5.41) is 0. The van der Waals surface area contributed by atoms with Crippen molar-refractivity contribution >= 4 is 16.1 Å². The Kier molecular flexibility index (Phi) is 11.4. The van der Waals surface area contributed by atoms with E-state index in [4.69, 9.17) is 0 Å². The Labute approximate surface area is 132 Å². The zero-order valence-corrected chi connectivity index (χ0v) is 14.0. The molecular formula is C7H11O5RbS. The third kappa shape index (κ3) is 12.9. The van der Waals surface area contributed by atoms with E-state index in [9.17, 15) is 17.8 Å². The molecule has 5 nitrogen and oxygen atoms in total. The Bertz CT molecular complexity index is 282. The predicted molar refractivity (Wildman–Crippen MR) is 45.0 cm³/mol. The Hall–Kier alpha value is 0.925. The van der Waals surface area contributed by atoms with Gasteiger partial charge in [0, 0.05) is 11.8 Å². The Morgan fingerprint density at radius 2 is 2.07 bits per heavy atom. The monoisotopic (exact) mass is 292 g/mol. The van der Waals surface area contributed by atoms with Crippen LogP contribution >= 0.6 is 0 Å². The minimum Gasteiger partial charge on any atom is -0.748 e. The van der Waals surface area contributed by atoms with Crippen LogP contribution in [0.15, 0.2) is 12.2 Å². The first-order chi connectivity index (χ1) is 5.95. The molecule has 0 unspecified atom stereocenters. The van der Waals surface area contributed by atoms with Gasteiger partial charge in [-0.1, -0.05) is 6.08 Å². The van der Waals surface area contributed by atoms with Crippen LogP contribution in [0, 0.1) is 0 Å². The molecule has 0 aromatic rings. The van der Waals surface area contributed by atoms with Gasteiger partial charge in [0.2, 0.25) is 0 Å². The van der Waals surface area contributed by atoms with E-state index in [0.29, 0.717) is 0 Å². The SMILES string of the molecule is CC=CC(=O)OCCCS(=O)(=O)[O-].[Rb+]. The molecule has 0 aliphatic heterocycles. The first-order valence-electron chi connectivity index (χ1n) is 3.68. The van der Waals surface area contributed by atoms with Crippen molar-refractivity contribution in [1.29, 1.82) is 0 Å². The maximum absolute atomic E-state index is 10.6. The number of hydrogen-bond acceptors (Lipinski definition) is 5. The predicted octanol–water partition coefficient (Wildman–Crippen LogP) is -2.95. The molecule has 0 aromatic carbocycles. The van der Waals surface area contributed by atoms with Crippen LogP contribution in [-0.2, 0) is 19.6 Å². The van der Waals surface area contributed by atoms with Gasteiger partial charge in [-0.3, -0.25) is 0 Å². The average molecular weight is 293 g/mol. The molecule has 0 radical (unpaired) electrons. The van der Waals surface area contributed by atoms with Crippen molar-refractivity contribution in [2.75, 3.05) is 12.4 Å². The second-order valence-corrected chi connectivity index (χ2v) is 3.81. The van der Waals surface area contributed by atoms with Crippen LogP contribution in [0.2, 0.25) is 0 Å². The smallest absolute Gasteiger partial charge is 0.748 e. The molecule has 0 spiro atoms. The van der Waals surface area contributed by atoms with Gasteiger partial charge in [-0.2, -0.15) is 0 Å². The molecule has 0 bridgehead atoms. The number of rotatable bonds is 5. The number of hydrogen-bond donors (Lipinski definition) is 0. The first kappa shape index (κ1) is 17.3. The zero-order valence-electron chi connectivity index (χ0n) is 8.23. The van der Waals surface area contributed by atoms with Gasteiger partial charge in [-0.25, -0.2) is 13.2 Å². The number of esters is 1. The summed E-state index contributed by atoms with van der Waals surface area (Å²) in [6.45, 7) is 1.61. The molecule has 0 rings (SSSR count). The molecule has 0 saturated carbocycles. The topological polar surface area (TPSA) is 83.5 Å². The van der Waals surface area contributed by atoms with Crippen molar-refractivity contribution in [2.24, 2.45) is 0 Å².